The lowest BCUT2D eigenvalue weighted by Gasteiger charge is -2.19. The molecule has 1 atom stereocenters. The number of rotatable bonds is 3. The first-order valence-electron chi connectivity index (χ1n) is 4.30. The molecule has 0 spiro atoms. The number of aromatic nitrogens is 2. The molecule has 0 saturated carbocycles. The van der Waals surface area contributed by atoms with Crippen LogP contribution in [0.3, 0.4) is 0 Å². The number of carbonyl (C=O) groups excluding carboxylic acids is 1. The normalized spacial score (nSPS) is 14.3. The Morgan fingerprint density at radius 2 is 2.40 bits per heavy atom. The van der Waals surface area contributed by atoms with E-state index in [9.17, 15) is 14.7 Å². The predicted octanol–water partition coefficient (Wildman–Crippen LogP) is -0.833. The highest BCUT2D eigenvalue weighted by molar-refractivity contribution is 5.78. The zero-order valence-electron chi connectivity index (χ0n) is 8.51. The Bertz CT molecular complexity index is 411. The van der Waals surface area contributed by atoms with E-state index in [0.29, 0.717) is 0 Å². The Hall–Kier alpha value is -1.69. The molecule has 1 N–H and O–H groups in total. The van der Waals surface area contributed by atoms with Crippen molar-refractivity contribution in [3.63, 3.8) is 0 Å². The van der Waals surface area contributed by atoms with E-state index in [0.717, 1.165) is 11.8 Å². The summed E-state index contributed by atoms with van der Waals surface area (Å²) < 4.78 is 5.39. The Morgan fingerprint density at radius 1 is 1.73 bits per heavy atom. The minimum absolute atomic E-state index is 0.237. The Morgan fingerprint density at radius 3 is 2.93 bits per heavy atom. The van der Waals surface area contributed by atoms with Gasteiger partial charge in [-0.05, 0) is 13.0 Å². The van der Waals surface area contributed by atoms with Crippen LogP contribution in [0.1, 0.15) is 6.92 Å². The van der Waals surface area contributed by atoms with Gasteiger partial charge in [-0.25, -0.2) is 9.48 Å². The molecule has 0 saturated heterocycles. The maximum atomic E-state index is 11.2. The first kappa shape index (κ1) is 11.4. The van der Waals surface area contributed by atoms with Gasteiger partial charge in [0.15, 0.2) is 5.60 Å². The van der Waals surface area contributed by atoms with Crippen molar-refractivity contribution < 1.29 is 14.6 Å². The number of methoxy groups -OCH3 is 1. The van der Waals surface area contributed by atoms with Crippen LogP contribution >= 0.6 is 0 Å². The summed E-state index contributed by atoms with van der Waals surface area (Å²) in [5, 5.41) is 13.4. The van der Waals surface area contributed by atoms with Crippen LogP contribution < -0.4 is 5.56 Å². The fraction of sp³-hybridized carbons (Fsp3) is 0.444. The van der Waals surface area contributed by atoms with Crippen molar-refractivity contribution >= 4 is 5.97 Å². The molecule has 1 unspecified atom stereocenters. The third-order valence-corrected chi connectivity index (χ3v) is 1.87. The Labute approximate surface area is 86.1 Å². The summed E-state index contributed by atoms with van der Waals surface area (Å²) in [6.45, 7) is 1.03. The van der Waals surface area contributed by atoms with Crippen LogP contribution in [0.15, 0.2) is 23.1 Å². The summed E-state index contributed by atoms with van der Waals surface area (Å²) in [6, 6.07) is 2.77. The lowest BCUT2D eigenvalue weighted by atomic mass is 10.1. The highest BCUT2D eigenvalue weighted by atomic mass is 16.5. The Balaban J connectivity index is 2.91. The molecule has 6 nitrogen and oxygen atoms in total. The van der Waals surface area contributed by atoms with Gasteiger partial charge in [-0.2, -0.15) is 5.10 Å². The number of hydrogen-bond donors (Lipinski definition) is 1. The van der Waals surface area contributed by atoms with Crippen molar-refractivity contribution in [1.82, 2.24) is 9.78 Å². The number of carbonyl (C=O) groups is 1. The van der Waals surface area contributed by atoms with Gasteiger partial charge >= 0.3 is 5.97 Å². The summed E-state index contributed by atoms with van der Waals surface area (Å²) in [6.07, 6.45) is 1.40. The molecule has 0 amide bonds. The van der Waals surface area contributed by atoms with E-state index in [1.54, 1.807) is 0 Å². The van der Waals surface area contributed by atoms with E-state index in [-0.39, 0.29) is 12.1 Å². The maximum Gasteiger partial charge on any atom is 0.339 e. The average Bonchev–Trinajstić information content (AvgIpc) is 2.20. The molecular weight excluding hydrogens is 200 g/mol. The monoisotopic (exact) mass is 212 g/mol. The second-order valence-electron chi connectivity index (χ2n) is 3.28. The van der Waals surface area contributed by atoms with Crippen molar-refractivity contribution in [2.45, 2.75) is 19.1 Å². The molecule has 82 valence electrons. The molecule has 0 radical (unpaired) electrons. The second-order valence-corrected chi connectivity index (χ2v) is 3.28. The van der Waals surface area contributed by atoms with Gasteiger partial charge in [-0.3, -0.25) is 4.79 Å². The Kier molecular flexibility index (Phi) is 3.21. The summed E-state index contributed by atoms with van der Waals surface area (Å²) in [4.78, 5) is 22.4. The third-order valence-electron chi connectivity index (χ3n) is 1.87. The molecular formula is C9H12N2O4. The van der Waals surface area contributed by atoms with Gasteiger partial charge in [-0.1, -0.05) is 0 Å². The predicted molar refractivity (Wildman–Crippen MR) is 51.1 cm³/mol. The summed E-state index contributed by atoms with van der Waals surface area (Å²) in [5.74, 6) is -0.806. The highest BCUT2D eigenvalue weighted by Gasteiger charge is 2.32. The fourth-order valence-corrected chi connectivity index (χ4v) is 1.08. The molecule has 0 aliphatic heterocycles. The van der Waals surface area contributed by atoms with Crippen molar-refractivity contribution in [2.24, 2.45) is 0 Å². The van der Waals surface area contributed by atoms with Gasteiger partial charge in [0.2, 0.25) is 0 Å². The number of ether oxygens (including phenoxy) is 1. The molecule has 0 aliphatic rings. The number of nitrogens with zero attached hydrogens (tertiary/aromatic N) is 2. The molecule has 15 heavy (non-hydrogen) atoms. The minimum atomic E-state index is -1.76. The van der Waals surface area contributed by atoms with Gasteiger partial charge in [0.25, 0.3) is 5.56 Å². The van der Waals surface area contributed by atoms with Gasteiger partial charge in [0.1, 0.15) is 0 Å². The molecule has 1 aromatic heterocycles. The van der Waals surface area contributed by atoms with Crippen molar-refractivity contribution in [3.05, 3.63) is 28.7 Å². The maximum absolute atomic E-state index is 11.2. The number of aliphatic hydroxyl groups is 1. The van der Waals surface area contributed by atoms with Crippen LogP contribution in [0.5, 0.6) is 0 Å². The van der Waals surface area contributed by atoms with Gasteiger partial charge in [0.05, 0.1) is 13.7 Å². The molecule has 1 rings (SSSR count). The van der Waals surface area contributed by atoms with Crippen molar-refractivity contribution in [1.29, 1.82) is 0 Å². The highest BCUT2D eigenvalue weighted by Crippen LogP contribution is 2.07. The quantitative estimate of drug-likeness (QED) is 0.661. The molecule has 1 aromatic rings. The molecule has 0 bridgehead atoms. The topological polar surface area (TPSA) is 81.4 Å². The van der Waals surface area contributed by atoms with E-state index >= 15 is 0 Å². The van der Waals surface area contributed by atoms with Crippen molar-refractivity contribution in [2.75, 3.05) is 7.11 Å². The smallest absolute Gasteiger partial charge is 0.339 e. The van der Waals surface area contributed by atoms with E-state index in [4.69, 9.17) is 0 Å². The van der Waals surface area contributed by atoms with E-state index in [1.165, 1.54) is 25.3 Å². The average molecular weight is 212 g/mol. The fourth-order valence-electron chi connectivity index (χ4n) is 1.08. The molecule has 6 heteroatoms. The minimum Gasteiger partial charge on any atom is -0.467 e. The van der Waals surface area contributed by atoms with Gasteiger partial charge in [-0.15, -0.1) is 0 Å². The molecule has 0 aromatic carbocycles. The summed E-state index contributed by atoms with van der Waals surface area (Å²) >= 11 is 0. The largest absolute Gasteiger partial charge is 0.467 e. The molecule has 0 aliphatic carbocycles. The second kappa shape index (κ2) is 4.22. The van der Waals surface area contributed by atoms with Crippen LogP contribution in [0.2, 0.25) is 0 Å². The lowest BCUT2D eigenvalue weighted by molar-refractivity contribution is -0.162. The van der Waals surface area contributed by atoms with Crippen LogP contribution in [-0.2, 0) is 16.1 Å². The van der Waals surface area contributed by atoms with Crippen molar-refractivity contribution in [3.8, 4) is 0 Å². The van der Waals surface area contributed by atoms with Crippen LogP contribution in [0.25, 0.3) is 0 Å². The summed E-state index contributed by atoms with van der Waals surface area (Å²) in [7, 11) is 1.16. The van der Waals surface area contributed by atoms with Gasteiger partial charge < -0.3 is 9.84 Å². The van der Waals surface area contributed by atoms with Crippen LogP contribution in [-0.4, -0.2) is 33.6 Å². The van der Waals surface area contributed by atoms with Gasteiger partial charge in [0, 0.05) is 12.3 Å². The van der Waals surface area contributed by atoms with E-state index in [1.807, 2.05) is 0 Å². The molecule has 1 heterocycles. The lowest BCUT2D eigenvalue weighted by Crippen LogP contribution is -2.43. The first-order chi connectivity index (χ1) is 6.97. The standard InChI is InChI=1S/C9H12N2O4/c1-9(14,8(13)15-2)6-11-7(12)4-3-5-10-11/h3-5,14H,6H2,1-2H3. The van der Waals surface area contributed by atoms with E-state index in [2.05, 4.69) is 9.84 Å². The third kappa shape index (κ3) is 2.63. The first-order valence-corrected chi connectivity index (χ1v) is 4.30. The summed E-state index contributed by atoms with van der Waals surface area (Å²) in [5.41, 5.74) is -2.14. The van der Waals surface area contributed by atoms with E-state index < -0.39 is 11.6 Å². The van der Waals surface area contributed by atoms with Crippen LogP contribution in [0, 0.1) is 0 Å². The number of hydrogen-bond acceptors (Lipinski definition) is 5. The zero-order valence-corrected chi connectivity index (χ0v) is 8.51. The molecule has 0 fully saturated rings. The van der Waals surface area contributed by atoms with Crippen LogP contribution in [0.4, 0.5) is 0 Å². The SMILES string of the molecule is COC(=O)C(C)(O)Cn1ncccc1=O. The zero-order chi connectivity index (χ0) is 11.5. The number of esters is 1.